The summed E-state index contributed by atoms with van der Waals surface area (Å²) in [6, 6.07) is 9.78. The number of amidine groups is 1. The van der Waals surface area contributed by atoms with Crippen LogP contribution in [0.4, 0.5) is 0 Å². The number of thioether (sulfide) groups is 1. The topological polar surface area (TPSA) is 65.0 Å². The lowest BCUT2D eigenvalue weighted by Crippen LogP contribution is -2.37. The molecule has 130 valence electrons. The molecule has 25 heavy (non-hydrogen) atoms. The van der Waals surface area contributed by atoms with Crippen LogP contribution in [0.2, 0.25) is 0 Å². The number of hydrogen-bond donors (Lipinski definition) is 1. The molecule has 3 heterocycles. The third-order valence-corrected chi connectivity index (χ3v) is 5.92. The van der Waals surface area contributed by atoms with Crippen molar-refractivity contribution in [1.82, 2.24) is 15.1 Å². The molecule has 1 saturated heterocycles. The summed E-state index contributed by atoms with van der Waals surface area (Å²) in [6.45, 7) is 4.74. The van der Waals surface area contributed by atoms with E-state index in [4.69, 9.17) is 0 Å². The maximum Gasteiger partial charge on any atom is 0.260 e. The summed E-state index contributed by atoms with van der Waals surface area (Å²) in [4.78, 5) is 33.9. The van der Waals surface area contributed by atoms with E-state index in [2.05, 4.69) is 15.2 Å². The van der Waals surface area contributed by atoms with E-state index in [1.807, 2.05) is 42.2 Å². The molecule has 1 aromatic rings. The molecule has 1 unspecified atom stereocenters. The van der Waals surface area contributed by atoms with Crippen LogP contribution in [-0.2, 0) is 16.1 Å². The molecule has 0 spiro atoms. The van der Waals surface area contributed by atoms with Crippen LogP contribution < -0.4 is 5.32 Å². The minimum absolute atomic E-state index is 0.0870. The predicted molar refractivity (Wildman–Crippen MR) is 97.7 cm³/mol. The highest BCUT2D eigenvalue weighted by Gasteiger charge is 2.36. The Hall–Kier alpha value is -2.28. The first-order chi connectivity index (χ1) is 12.1. The number of amides is 2. The fourth-order valence-corrected chi connectivity index (χ4v) is 4.49. The van der Waals surface area contributed by atoms with Crippen LogP contribution in [0.1, 0.15) is 18.9 Å². The van der Waals surface area contributed by atoms with Crippen LogP contribution in [0.25, 0.3) is 0 Å². The molecule has 0 radical (unpaired) electrons. The van der Waals surface area contributed by atoms with Gasteiger partial charge in [0.25, 0.3) is 5.91 Å². The van der Waals surface area contributed by atoms with E-state index in [-0.39, 0.29) is 17.9 Å². The lowest BCUT2D eigenvalue weighted by molar-refractivity contribution is -0.128. The third-order valence-electron chi connectivity index (χ3n) is 4.70. The number of carbonyl (C=O) groups is 2. The van der Waals surface area contributed by atoms with Crippen molar-refractivity contribution in [3.63, 3.8) is 0 Å². The number of fused-ring (bicyclic) bond motifs is 1. The molecule has 1 aromatic carbocycles. The molecule has 0 aliphatic carbocycles. The second-order valence-electron chi connectivity index (χ2n) is 6.47. The fourth-order valence-electron chi connectivity index (χ4n) is 3.40. The highest BCUT2D eigenvalue weighted by Crippen LogP contribution is 2.36. The average molecular weight is 356 g/mol. The van der Waals surface area contributed by atoms with Gasteiger partial charge in [0, 0.05) is 31.8 Å². The zero-order chi connectivity index (χ0) is 17.4. The second-order valence-corrected chi connectivity index (χ2v) is 7.44. The van der Waals surface area contributed by atoms with Gasteiger partial charge in [-0.25, -0.2) is 0 Å². The molecule has 0 saturated carbocycles. The Balaban J connectivity index is 1.37. The first-order valence-electron chi connectivity index (χ1n) is 8.45. The number of nitrogens with one attached hydrogen (secondary N) is 1. The maximum absolute atomic E-state index is 12.6. The first-order valence-corrected chi connectivity index (χ1v) is 9.27. The number of carbonyl (C=O) groups excluding carboxylic acids is 2. The van der Waals surface area contributed by atoms with E-state index in [0.29, 0.717) is 24.4 Å². The van der Waals surface area contributed by atoms with Gasteiger partial charge in [-0.3, -0.25) is 14.6 Å². The van der Waals surface area contributed by atoms with Crippen LogP contribution in [0.15, 0.2) is 45.9 Å². The summed E-state index contributed by atoms with van der Waals surface area (Å²) in [6.07, 6.45) is 0.361. The average Bonchev–Trinajstić information content (AvgIpc) is 3.26. The Kier molecular flexibility index (Phi) is 4.25. The molecule has 1 atom stereocenters. The van der Waals surface area contributed by atoms with Crippen LogP contribution in [-0.4, -0.2) is 52.5 Å². The molecule has 4 rings (SSSR count). The lowest BCUT2D eigenvalue weighted by atomic mass is 10.2. The summed E-state index contributed by atoms with van der Waals surface area (Å²) in [7, 11) is 0. The van der Waals surface area contributed by atoms with E-state index in [1.165, 1.54) is 11.8 Å². The zero-order valence-electron chi connectivity index (χ0n) is 14.1. The van der Waals surface area contributed by atoms with Crippen molar-refractivity contribution >= 4 is 28.7 Å². The quantitative estimate of drug-likeness (QED) is 0.889. The number of likely N-dealkylation sites (tertiary alicyclic amines) is 1. The number of benzene rings is 1. The first kappa shape index (κ1) is 16.2. The zero-order valence-corrected chi connectivity index (χ0v) is 14.9. The van der Waals surface area contributed by atoms with E-state index >= 15 is 0 Å². The number of allylic oxidation sites excluding steroid dienone is 1. The van der Waals surface area contributed by atoms with Crippen molar-refractivity contribution in [2.45, 2.75) is 25.9 Å². The van der Waals surface area contributed by atoms with Gasteiger partial charge in [-0.05, 0) is 24.2 Å². The normalized spacial score (nSPS) is 22.5. The highest BCUT2D eigenvalue weighted by atomic mass is 32.2. The molecule has 1 N–H and O–H groups in total. The van der Waals surface area contributed by atoms with Crippen molar-refractivity contribution in [3.05, 3.63) is 46.5 Å². The van der Waals surface area contributed by atoms with Gasteiger partial charge in [-0.1, -0.05) is 30.3 Å². The van der Waals surface area contributed by atoms with E-state index < -0.39 is 0 Å². The number of aliphatic imine (C=N–C) groups is 1. The fraction of sp³-hybridized carbons (Fsp3) is 0.389. The summed E-state index contributed by atoms with van der Waals surface area (Å²) in [5, 5.41) is 3.94. The Bertz CT molecular complexity index is 775. The van der Waals surface area contributed by atoms with Gasteiger partial charge >= 0.3 is 0 Å². The monoisotopic (exact) mass is 356 g/mol. The number of hydrogen-bond acceptors (Lipinski definition) is 5. The minimum atomic E-state index is -0.137. The maximum atomic E-state index is 12.6. The Morgan fingerprint density at radius 1 is 1.36 bits per heavy atom. The number of rotatable bonds is 4. The Morgan fingerprint density at radius 3 is 2.92 bits per heavy atom. The summed E-state index contributed by atoms with van der Waals surface area (Å²) >= 11 is 1.43. The third kappa shape index (κ3) is 3.16. The van der Waals surface area contributed by atoms with Gasteiger partial charge in [-0.15, -0.1) is 0 Å². The molecule has 3 aliphatic rings. The molecule has 6 nitrogen and oxygen atoms in total. The van der Waals surface area contributed by atoms with Crippen LogP contribution in [0.3, 0.4) is 0 Å². The van der Waals surface area contributed by atoms with Crippen molar-refractivity contribution in [2.75, 3.05) is 19.6 Å². The van der Waals surface area contributed by atoms with Crippen molar-refractivity contribution < 1.29 is 9.59 Å². The Morgan fingerprint density at radius 2 is 2.16 bits per heavy atom. The molecule has 0 aromatic heterocycles. The van der Waals surface area contributed by atoms with Crippen LogP contribution >= 0.6 is 11.8 Å². The number of nitrogens with zero attached hydrogens (tertiary/aromatic N) is 3. The molecule has 1 fully saturated rings. The van der Waals surface area contributed by atoms with E-state index in [9.17, 15) is 9.59 Å². The second kappa shape index (κ2) is 6.55. The van der Waals surface area contributed by atoms with Gasteiger partial charge in [0.05, 0.1) is 17.5 Å². The molecule has 0 bridgehead atoms. The highest BCUT2D eigenvalue weighted by molar-refractivity contribution is 8.18. The van der Waals surface area contributed by atoms with Gasteiger partial charge in [-0.2, -0.15) is 0 Å². The van der Waals surface area contributed by atoms with E-state index in [0.717, 1.165) is 29.5 Å². The minimum Gasteiger partial charge on any atom is -0.346 e. The van der Waals surface area contributed by atoms with Gasteiger partial charge in [0.2, 0.25) is 5.91 Å². The molecule has 2 amide bonds. The van der Waals surface area contributed by atoms with Crippen LogP contribution in [0.5, 0.6) is 0 Å². The SMILES string of the molecule is CC1=C(C(=O)NC2CC(=O)N(Cc3ccccc3)C2)SC2=NCCN21. The van der Waals surface area contributed by atoms with Crippen molar-refractivity contribution in [1.29, 1.82) is 0 Å². The standard InChI is InChI=1S/C18H20N4O2S/c1-12-16(25-18-19-7-8-22(12)18)17(24)20-14-9-15(23)21(11-14)10-13-5-3-2-4-6-13/h2-6,14H,7-11H2,1H3,(H,20,24). The molecule has 3 aliphatic heterocycles. The lowest BCUT2D eigenvalue weighted by Gasteiger charge is -2.17. The van der Waals surface area contributed by atoms with Crippen molar-refractivity contribution in [2.24, 2.45) is 4.99 Å². The van der Waals surface area contributed by atoms with E-state index in [1.54, 1.807) is 0 Å². The smallest absolute Gasteiger partial charge is 0.260 e. The molecular weight excluding hydrogens is 336 g/mol. The van der Waals surface area contributed by atoms with Crippen LogP contribution in [0, 0.1) is 0 Å². The predicted octanol–water partition coefficient (Wildman–Crippen LogP) is 1.55. The molecular formula is C18H20N4O2S. The molecule has 7 heteroatoms. The largest absolute Gasteiger partial charge is 0.346 e. The van der Waals surface area contributed by atoms with Gasteiger partial charge < -0.3 is 15.1 Å². The Labute approximate surface area is 151 Å². The van der Waals surface area contributed by atoms with Gasteiger partial charge in [0.15, 0.2) is 5.17 Å². The van der Waals surface area contributed by atoms with Gasteiger partial charge in [0.1, 0.15) is 0 Å². The summed E-state index contributed by atoms with van der Waals surface area (Å²) in [5.41, 5.74) is 2.07. The summed E-state index contributed by atoms with van der Waals surface area (Å²) < 4.78 is 0. The summed E-state index contributed by atoms with van der Waals surface area (Å²) in [5.74, 6) is -0.0112. The van der Waals surface area contributed by atoms with Crippen molar-refractivity contribution in [3.8, 4) is 0 Å².